The van der Waals surface area contributed by atoms with E-state index >= 15 is 0 Å². The fraction of sp³-hybridized carbons (Fsp3) is 0.154. The molecule has 0 aliphatic carbocycles. The Morgan fingerprint density at radius 3 is 2.13 bits per heavy atom. The van der Waals surface area contributed by atoms with Crippen LogP contribution in [0.15, 0.2) is 48.8 Å². The molecule has 2 rings (SSSR count). The summed E-state index contributed by atoms with van der Waals surface area (Å²) in [4.78, 5) is 3.99. The predicted octanol–water partition coefficient (Wildman–Crippen LogP) is 2.68. The number of benzene rings is 1. The fourth-order valence-electron chi connectivity index (χ4n) is 1.48. The van der Waals surface area contributed by atoms with E-state index in [-0.39, 0.29) is 0 Å². The van der Waals surface area contributed by atoms with Gasteiger partial charge in [-0.1, -0.05) is 12.1 Å². The van der Waals surface area contributed by atoms with Crippen LogP contribution in [0.5, 0.6) is 5.75 Å². The second-order valence-corrected chi connectivity index (χ2v) is 3.38. The molecule has 0 bridgehead atoms. The van der Waals surface area contributed by atoms with Crippen LogP contribution in [0.4, 0.5) is 0 Å². The molecular formula is C13H13NO. The summed E-state index contributed by atoms with van der Waals surface area (Å²) in [6, 6.07) is 12.2. The Kier molecular flexibility index (Phi) is 2.98. The average Bonchev–Trinajstić information content (AvgIpc) is 2.31. The minimum Gasteiger partial charge on any atom is -0.497 e. The van der Waals surface area contributed by atoms with E-state index in [4.69, 9.17) is 4.74 Å². The number of rotatable bonds is 3. The maximum absolute atomic E-state index is 5.11. The molecule has 0 spiro atoms. The van der Waals surface area contributed by atoms with Crippen molar-refractivity contribution < 1.29 is 4.74 Å². The van der Waals surface area contributed by atoms with Crippen molar-refractivity contribution in [1.82, 2.24) is 4.98 Å². The van der Waals surface area contributed by atoms with Crippen LogP contribution in [0.25, 0.3) is 0 Å². The third kappa shape index (κ3) is 2.56. The van der Waals surface area contributed by atoms with Gasteiger partial charge >= 0.3 is 0 Å². The quantitative estimate of drug-likeness (QED) is 0.758. The Balaban J connectivity index is 2.11. The molecule has 0 N–H and O–H groups in total. The van der Waals surface area contributed by atoms with Gasteiger partial charge in [0.05, 0.1) is 7.11 Å². The van der Waals surface area contributed by atoms with Gasteiger partial charge < -0.3 is 4.74 Å². The molecule has 0 fully saturated rings. The molecule has 1 heterocycles. The Morgan fingerprint density at radius 1 is 0.933 bits per heavy atom. The lowest BCUT2D eigenvalue weighted by Crippen LogP contribution is -1.89. The first kappa shape index (κ1) is 9.71. The number of ether oxygens (including phenoxy) is 1. The van der Waals surface area contributed by atoms with Crippen LogP contribution in [0, 0.1) is 0 Å². The van der Waals surface area contributed by atoms with Gasteiger partial charge in [0.1, 0.15) is 5.75 Å². The lowest BCUT2D eigenvalue weighted by molar-refractivity contribution is 0.414. The second-order valence-electron chi connectivity index (χ2n) is 3.38. The smallest absolute Gasteiger partial charge is 0.118 e. The highest BCUT2D eigenvalue weighted by atomic mass is 16.5. The summed E-state index contributed by atoms with van der Waals surface area (Å²) < 4.78 is 5.11. The molecule has 76 valence electrons. The summed E-state index contributed by atoms with van der Waals surface area (Å²) in [5.74, 6) is 0.897. The van der Waals surface area contributed by atoms with Gasteiger partial charge in [-0.25, -0.2) is 0 Å². The van der Waals surface area contributed by atoms with E-state index in [9.17, 15) is 0 Å². The van der Waals surface area contributed by atoms with Crippen molar-refractivity contribution in [1.29, 1.82) is 0 Å². The molecule has 2 nitrogen and oxygen atoms in total. The summed E-state index contributed by atoms with van der Waals surface area (Å²) in [5.41, 5.74) is 2.55. The van der Waals surface area contributed by atoms with Gasteiger partial charge in [0.2, 0.25) is 0 Å². The van der Waals surface area contributed by atoms with Gasteiger partial charge in [0.15, 0.2) is 0 Å². The van der Waals surface area contributed by atoms with E-state index in [0.717, 1.165) is 12.2 Å². The van der Waals surface area contributed by atoms with Crippen LogP contribution < -0.4 is 4.74 Å². The van der Waals surface area contributed by atoms with Crippen molar-refractivity contribution in [3.63, 3.8) is 0 Å². The summed E-state index contributed by atoms with van der Waals surface area (Å²) in [5, 5.41) is 0. The monoisotopic (exact) mass is 199 g/mol. The summed E-state index contributed by atoms with van der Waals surface area (Å²) in [6.45, 7) is 0. The van der Waals surface area contributed by atoms with Gasteiger partial charge in [-0.05, 0) is 41.8 Å². The van der Waals surface area contributed by atoms with Gasteiger partial charge in [-0.15, -0.1) is 0 Å². The zero-order chi connectivity index (χ0) is 10.5. The van der Waals surface area contributed by atoms with E-state index < -0.39 is 0 Å². The van der Waals surface area contributed by atoms with Crippen LogP contribution in [0.3, 0.4) is 0 Å². The highest BCUT2D eigenvalue weighted by molar-refractivity contribution is 5.30. The summed E-state index contributed by atoms with van der Waals surface area (Å²) in [7, 11) is 1.68. The van der Waals surface area contributed by atoms with Gasteiger partial charge in [0, 0.05) is 12.4 Å². The minimum atomic E-state index is 0.897. The molecule has 0 aliphatic rings. The van der Waals surface area contributed by atoms with E-state index in [2.05, 4.69) is 17.1 Å². The Bertz CT molecular complexity index is 408. The van der Waals surface area contributed by atoms with Crippen LogP contribution in [-0.4, -0.2) is 12.1 Å². The maximum atomic E-state index is 5.11. The second kappa shape index (κ2) is 4.60. The molecule has 15 heavy (non-hydrogen) atoms. The van der Waals surface area contributed by atoms with Crippen LogP contribution >= 0.6 is 0 Å². The molecule has 0 radical (unpaired) electrons. The third-order valence-corrected chi connectivity index (χ3v) is 2.32. The first-order chi connectivity index (χ1) is 7.38. The largest absolute Gasteiger partial charge is 0.497 e. The Labute approximate surface area is 89.6 Å². The molecule has 1 aromatic heterocycles. The Morgan fingerprint density at radius 2 is 1.53 bits per heavy atom. The highest BCUT2D eigenvalue weighted by Crippen LogP contribution is 2.14. The predicted molar refractivity (Wildman–Crippen MR) is 60.0 cm³/mol. The molecule has 1 aromatic carbocycles. The third-order valence-electron chi connectivity index (χ3n) is 2.32. The topological polar surface area (TPSA) is 22.1 Å². The number of aromatic nitrogens is 1. The van der Waals surface area contributed by atoms with Crippen molar-refractivity contribution in [2.45, 2.75) is 6.42 Å². The zero-order valence-corrected chi connectivity index (χ0v) is 8.68. The van der Waals surface area contributed by atoms with Crippen molar-refractivity contribution >= 4 is 0 Å². The van der Waals surface area contributed by atoms with Crippen molar-refractivity contribution in [3.05, 3.63) is 59.9 Å². The van der Waals surface area contributed by atoms with E-state index in [1.165, 1.54) is 11.1 Å². The number of methoxy groups -OCH3 is 1. The lowest BCUT2D eigenvalue weighted by atomic mass is 10.1. The molecule has 0 unspecified atom stereocenters. The number of hydrogen-bond acceptors (Lipinski definition) is 2. The molecular weight excluding hydrogens is 186 g/mol. The number of nitrogens with zero attached hydrogens (tertiary/aromatic N) is 1. The highest BCUT2D eigenvalue weighted by Gasteiger charge is 1.96. The molecule has 0 aliphatic heterocycles. The van der Waals surface area contributed by atoms with Gasteiger partial charge in [-0.3, -0.25) is 4.98 Å². The first-order valence-electron chi connectivity index (χ1n) is 4.90. The van der Waals surface area contributed by atoms with Crippen LogP contribution in [-0.2, 0) is 6.42 Å². The summed E-state index contributed by atoms with van der Waals surface area (Å²) >= 11 is 0. The standard InChI is InChI=1S/C13H13NO/c1-15-13-4-2-11(3-5-13)10-12-6-8-14-9-7-12/h2-9H,10H2,1H3. The van der Waals surface area contributed by atoms with Crippen molar-refractivity contribution in [3.8, 4) is 5.75 Å². The summed E-state index contributed by atoms with van der Waals surface area (Å²) in [6.07, 6.45) is 4.57. The molecule has 2 aromatic rings. The Hall–Kier alpha value is -1.83. The normalized spacial score (nSPS) is 9.93. The van der Waals surface area contributed by atoms with Gasteiger partial charge in [-0.2, -0.15) is 0 Å². The maximum Gasteiger partial charge on any atom is 0.118 e. The molecule has 2 heteroatoms. The molecule has 0 saturated heterocycles. The first-order valence-corrected chi connectivity index (χ1v) is 4.90. The number of pyridine rings is 1. The lowest BCUT2D eigenvalue weighted by Gasteiger charge is -2.03. The van der Waals surface area contributed by atoms with E-state index in [1.807, 2.05) is 36.7 Å². The van der Waals surface area contributed by atoms with Crippen LogP contribution in [0.1, 0.15) is 11.1 Å². The molecule has 0 saturated carbocycles. The van der Waals surface area contributed by atoms with E-state index in [1.54, 1.807) is 7.11 Å². The van der Waals surface area contributed by atoms with Crippen molar-refractivity contribution in [2.24, 2.45) is 0 Å². The average molecular weight is 199 g/mol. The minimum absolute atomic E-state index is 0.897. The SMILES string of the molecule is COc1ccc(Cc2ccncc2)cc1. The van der Waals surface area contributed by atoms with Crippen LogP contribution in [0.2, 0.25) is 0 Å². The zero-order valence-electron chi connectivity index (χ0n) is 8.68. The van der Waals surface area contributed by atoms with E-state index in [0.29, 0.717) is 0 Å². The van der Waals surface area contributed by atoms with Crippen molar-refractivity contribution in [2.75, 3.05) is 7.11 Å². The fourth-order valence-corrected chi connectivity index (χ4v) is 1.48. The number of hydrogen-bond donors (Lipinski definition) is 0. The molecule has 0 atom stereocenters. The van der Waals surface area contributed by atoms with Gasteiger partial charge in [0.25, 0.3) is 0 Å². The molecule has 0 amide bonds.